The van der Waals surface area contributed by atoms with Gasteiger partial charge in [-0.1, -0.05) is 30.3 Å². The molecule has 4 nitrogen and oxygen atoms in total. The third-order valence-corrected chi connectivity index (χ3v) is 3.47. The second kappa shape index (κ2) is 5.58. The molecule has 0 radical (unpaired) electrons. The third-order valence-electron chi connectivity index (χ3n) is 3.47. The van der Waals surface area contributed by atoms with Gasteiger partial charge in [-0.3, -0.25) is 0 Å². The molecule has 1 aromatic heterocycles. The van der Waals surface area contributed by atoms with Crippen molar-refractivity contribution in [2.75, 3.05) is 0 Å². The van der Waals surface area contributed by atoms with Gasteiger partial charge in [-0.2, -0.15) is 5.26 Å². The molecule has 0 saturated heterocycles. The Labute approximate surface area is 126 Å². The van der Waals surface area contributed by atoms with E-state index in [4.69, 9.17) is 5.11 Å². The lowest BCUT2D eigenvalue weighted by atomic mass is 10.0. The summed E-state index contributed by atoms with van der Waals surface area (Å²) in [6.07, 6.45) is 3.56. The van der Waals surface area contributed by atoms with E-state index >= 15 is 0 Å². The van der Waals surface area contributed by atoms with Crippen LogP contribution in [0.2, 0.25) is 0 Å². The lowest BCUT2D eigenvalue weighted by Gasteiger charge is -1.99. The number of hydrogen-bond acceptors (Lipinski definition) is 2. The topological polar surface area (TPSA) is 76.9 Å². The molecule has 3 aromatic rings. The summed E-state index contributed by atoms with van der Waals surface area (Å²) in [5.41, 5.74) is 3.34. The molecule has 2 N–H and O–H groups in total. The number of para-hydroxylation sites is 1. The molecule has 0 unspecified atom stereocenters. The second-order valence-corrected chi connectivity index (χ2v) is 4.84. The molecular weight excluding hydrogens is 276 g/mol. The van der Waals surface area contributed by atoms with E-state index in [0.29, 0.717) is 5.57 Å². The van der Waals surface area contributed by atoms with Gasteiger partial charge in [-0.25, -0.2) is 4.79 Å². The van der Waals surface area contributed by atoms with Crippen LogP contribution in [0.1, 0.15) is 21.5 Å². The number of H-pyrrole nitrogens is 1. The fourth-order valence-corrected chi connectivity index (χ4v) is 2.35. The second-order valence-electron chi connectivity index (χ2n) is 4.84. The number of carboxylic acids is 1. The van der Waals surface area contributed by atoms with E-state index in [9.17, 15) is 10.1 Å². The number of carbonyl (C=O) groups is 1. The summed E-state index contributed by atoms with van der Waals surface area (Å²) in [6.45, 7) is 0. The van der Waals surface area contributed by atoms with Crippen LogP contribution in [0.15, 0.2) is 54.7 Å². The van der Waals surface area contributed by atoms with E-state index in [0.717, 1.165) is 22.0 Å². The first-order valence-corrected chi connectivity index (χ1v) is 6.70. The van der Waals surface area contributed by atoms with Gasteiger partial charge < -0.3 is 10.1 Å². The summed E-state index contributed by atoms with van der Waals surface area (Å²) in [5.74, 6) is -0.965. The number of fused-ring (bicyclic) bond motifs is 1. The molecule has 0 aliphatic carbocycles. The first-order chi connectivity index (χ1) is 10.7. The Morgan fingerprint density at radius 1 is 1.14 bits per heavy atom. The normalized spacial score (nSPS) is 11.3. The third kappa shape index (κ3) is 2.48. The van der Waals surface area contributed by atoms with E-state index in [1.54, 1.807) is 18.2 Å². The van der Waals surface area contributed by atoms with Crippen LogP contribution in [0.4, 0.5) is 0 Å². The van der Waals surface area contributed by atoms with Crippen molar-refractivity contribution in [1.82, 2.24) is 4.98 Å². The van der Waals surface area contributed by atoms with Crippen molar-refractivity contribution >= 4 is 28.5 Å². The summed E-state index contributed by atoms with van der Waals surface area (Å²) in [6, 6.07) is 16.4. The number of carboxylic acid groups (broad SMARTS) is 1. The number of benzene rings is 2. The van der Waals surface area contributed by atoms with Crippen LogP contribution < -0.4 is 0 Å². The number of aromatic carboxylic acids is 1. The molecule has 0 fully saturated rings. The van der Waals surface area contributed by atoms with Crippen molar-refractivity contribution in [2.45, 2.75) is 0 Å². The predicted octanol–water partition coefficient (Wildman–Crippen LogP) is 3.93. The van der Waals surface area contributed by atoms with Crippen molar-refractivity contribution in [3.8, 4) is 6.07 Å². The molecule has 2 aromatic carbocycles. The van der Waals surface area contributed by atoms with E-state index in [1.807, 2.05) is 30.5 Å². The highest BCUT2D eigenvalue weighted by atomic mass is 16.4. The van der Waals surface area contributed by atoms with Gasteiger partial charge in [0.15, 0.2) is 0 Å². The fraction of sp³-hybridized carbons (Fsp3) is 0. The number of hydrogen-bond donors (Lipinski definition) is 2. The molecule has 0 amide bonds. The summed E-state index contributed by atoms with van der Waals surface area (Å²) >= 11 is 0. The van der Waals surface area contributed by atoms with Crippen molar-refractivity contribution in [1.29, 1.82) is 5.26 Å². The van der Waals surface area contributed by atoms with Gasteiger partial charge in [0.1, 0.15) is 0 Å². The van der Waals surface area contributed by atoms with Crippen LogP contribution in [0.25, 0.3) is 22.6 Å². The standard InChI is InChI=1S/C18H12N2O2/c19-10-14(9-12-5-7-13(8-6-12)18(21)22)16-11-20-17-4-2-1-3-15(16)17/h1-9,11,20H,(H,21,22)/b14-9+. The summed E-state index contributed by atoms with van der Waals surface area (Å²) < 4.78 is 0. The van der Waals surface area contributed by atoms with E-state index < -0.39 is 5.97 Å². The Morgan fingerprint density at radius 3 is 2.55 bits per heavy atom. The number of aromatic nitrogens is 1. The van der Waals surface area contributed by atoms with Gasteiger partial charge in [-0.05, 0) is 29.8 Å². The van der Waals surface area contributed by atoms with E-state index in [2.05, 4.69) is 11.1 Å². The summed E-state index contributed by atoms with van der Waals surface area (Å²) in [7, 11) is 0. The lowest BCUT2D eigenvalue weighted by Crippen LogP contribution is -1.94. The Hall–Kier alpha value is -3.32. The molecule has 22 heavy (non-hydrogen) atoms. The monoisotopic (exact) mass is 288 g/mol. The Balaban J connectivity index is 2.04. The highest BCUT2D eigenvalue weighted by molar-refractivity contribution is 6.01. The number of rotatable bonds is 3. The molecule has 0 aliphatic heterocycles. The number of nitrogens with zero attached hydrogens (tertiary/aromatic N) is 1. The summed E-state index contributed by atoms with van der Waals surface area (Å²) in [4.78, 5) is 14.0. The molecule has 1 heterocycles. The van der Waals surface area contributed by atoms with Gasteiger partial charge in [-0.15, -0.1) is 0 Å². The van der Waals surface area contributed by atoms with Crippen molar-refractivity contribution in [3.05, 3.63) is 71.4 Å². The molecule has 106 valence electrons. The zero-order chi connectivity index (χ0) is 15.5. The van der Waals surface area contributed by atoms with Crippen molar-refractivity contribution in [2.24, 2.45) is 0 Å². The molecule has 0 saturated carbocycles. The van der Waals surface area contributed by atoms with Crippen LogP contribution in [0.5, 0.6) is 0 Å². The average Bonchev–Trinajstić information content (AvgIpc) is 2.97. The van der Waals surface area contributed by atoms with Crippen LogP contribution in [0.3, 0.4) is 0 Å². The SMILES string of the molecule is N#C/C(=C\c1ccc(C(=O)O)cc1)c1c[nH]c2ccccc12. The number of allylic oxidation sites excluding steroid dienone is 1. The number of aromatic amines is 1. The molecule has 3 rings (SSSR count). The molecule has 4 heteroatoms. The Morgan fingerprint density at radius 2 is 1.86 bits per heavy atom. The predicted molar refractivity (Wildman–Crippen MR) is 85.2 cm³/mol. The van der Waals surface area contributed by atoms with E-state index in [-0.39, 0.29) is 5.56 Å². The maximum absolute atomic E-state index is 10.9. The maximum atomic E-state index is 10.9. The average molecular weight is 288 g/mol. The van der Waals surface area contributed by atoms with E-state index in [1.165, 1.54) is 12.1 Å². The van der Waals surface area contributed by atoms with Gasteiger partial charge in [0.2, 0.25) is 0 Å². The molecule has 0 spiro atoms. The molecule has 0 atom stereocenters. The minimum Gasteiger partial charge on any atom is -0.478 e. The minimum atomic E-state index is -0.965. The highest BCUT2D eigenvalue weighted by Crippen LogP contribution is 2.26. The van der Waals surface area contributed by atoms with Gasteiger partial charge in [0, 0.05) is 22.7 Å². The van der Waals surface area contributed by atoms with Gasteiger partial charge >= 0.3 is 5.97 Å². The number of nitrogens with one attached hydrogen (secondary N) is 1. The maximum Gasteiger partial charge on any atom is 0.335 e. The first-order valence-electron chi connectivity index (χ1n) is 6.70. The molecular formula is C18H12N2O2. The quantitative estimate of drug-likeness (QED) is 0.717. The van der Waals surface area contributed by atoms with Crippen molar-refractivity contribution < 1.29 is 9.90 Å². The fourth-order valence-electron chi connectivity index (χ4n) is 2.35. The van der Waals surface area contributed by atoms with Gasteiger partial charge in [0.25, 0.3) is 0 Å². The van der Waals surface area contributed by atoms with Crippen LogP contribution in [-0.2, 0) is 0 Å². The van der Waals surface area contributed by atoms with Crippen LogP contribution in [0, 0.1) is 11.3 Å². The minimum absolute atomic E-state index is 0.225. The molecule has 0 bridgehead atoms. The Bertz CT molecular complexity index is 912. The summed E-state index contributed by atoms with van der Waals surface area (Å²) in [5, 5.41) is 19.3. The van der Waals surface area contributed by atoms with Crippen molar-refractivity contribution in [3.63, 3.8) is 0 Å². The highest BCUT2D eigenvalue weighted by Gasteiger charge is 2.08. The van der Waals surface area contributed by atoms with Gasteiger partial charge in [0.05, 0.1) is 17.2 Å². The largest absolute Gasteiger partial charge is 0.478 e. The Kier molecular flexibility index (Phi) is 3.47. The number of nitriles is 1. The molecule has 0 aliphatic rings. The smallest absolute Gasteiger partial charge is 0.335 e. The lowest BCUT2D eigenvalue weighted by molar-refractivity contribution is 0.0697. The first kappa shape index (κ1) is 13.7. The van der Waals surface area contributed by atoms with Crippen LogP contribution >= 0.6 is 0 Å². The zero-order valence-corrected chi connectivity index (χ0v) is 11.6. The zero-order valence-electron chi connectivity index (χ0n) is 11.6. The van der Waals surface area contributed by atoms with Crippen LogP contribution in [-0.4, -0.2) is 16.1 Å².